The van der Waals surface area contributed by atoms with Crippen molar-refractivity contribution in [2.75, 3.05) is 18.1 Å². The van der Waals surface area contributed by atoms with Gasteiger partial charge in [-0.25, -0.2) is 9.59 Å². The van der Waals surface area contributed by atoms with Gasteiger partial charge in [-0.15, -0.1) is 11.8 Å². The number of urea groups is 1. The topological polar surface area (TPSA) is 98.7 Å². The van der Waals surface area contributed by atoms with Crippen LogP contribution in [-0.2, 0) is 4.79 Å². The fourth-order valence-corrected chi connectivity index (χ4v) is 1.61. The third-order valence-corrected chi connectivity index (χ3v) is 2.79. The molecule has 1 aromatic rings. The maximum Gasteiger partial charge on any atom is 0.334 e. The first-order valence-electron chi connectivity index (χ1n) is 5.12. The lowest BCUT2D eigenvalue weighted by Crippen LogP contribution is -2.38. The molecular formula is C11H14N2O4S. The molecule has 1 atom stereocenters. The van der Waals surface area contributed by atoms with Gasteiger partial charge in [0.15, 0.2) is 6.10 Å². The van der Waals surface area contributed by atoms with Crippen molar-refractivity contribution < 1.29 is 19.8 Å². The summed E-state index contributed by atoms with van der Waals surface area (Å²) in [6.45, 7) is -0.344. The molecule has 18 heavy (non-hydrogen) atoms. The second-order valence-corrected chi connectivity index (χ2v) is 4.30. The minimum absolute atomic E-state index is 0.344. The number of aliphatic hydroxyl groups excluding tert-OH is 1. The Hall–Kier alpha value is -1.73. The SMILES string of the molecule is CSc1cccc(NC(=O)NCC(O)C(=O)O)c1. The molecule has 0 saturated carbocycles. The highest BCUT2D eigenvalue weighted by Crippen LogP contribution is 2.18. The molecular weight excluding hydrogens is 256 g/mol. The van der Waals surface area contributed by atoms with E-state index >= 15 is 0 Å². The second kappa shape index (κ2) is 6.87. The summed E-state index contributed by atoms with van der Waals surface area (Å²) in [5.41, 5.74) is 0.601. The van der Waals surface area contributed by atoms with E-state index in [1.807, 2.05) is 12.3 Å². The maximum atomic E-state index is 11.4. The van der Waals surface area contributed by atoms with Crippen LogP contribution in [-0.4, -0.2) is 41.1 Å². The molecule has 0 aliphatic heterocycles. The molecule has 1 rings (SSSR count). The Kier molecular flexibility index (Phi) is 5.47. The van der Waals surface area contributed by atoms with E-state index in [4.69, 9.17) is 10.2 Å². The smallest absolute Gasteiger partial charge is 0.334 e. The van der Waals surface area contributed by atoms with Gasteiger partial charge in [-0.1, -0.05) is 6.07 Å². The number of benzene rings is 1. The molecule has 0 radical (unpaired) electrons. The molecule has 0 aliphatic carbocycles. The van der Waals surface area contributed by atoms with Gasteiger partial charge in [-0.3, -0.25) is 0 Å². The molecule has 0 heterocycles. The third kappa shape index (κ3) is 4.64. The number of carbonyl (C=O) groups excluding carboxylic acids is 1. The van der Waals surface area contributed by atoms with Crippen molar-refractivity contribution in [2.45, 2.75) is 11.0 Å². The van der Waals surface area contributed by atoms with Gasteiger partial charge < -0.3 is 20.8 Å². The maximum absolute atomic E-state index is 11.4. The molecule has 1 aromatic carbocycles. The Labute approximate surface area is 108 Å². The van der Waals surface area contributed by atoms with Gasteiger partial charge in [0.2, 0.25) is 0 Å². The van der Waals surface area contributed by atoms with E-state index in [2.05, 4.69) is 10.6 Å². The Bertz CT molecular complexity index is 439. The van der Waals surface area contributed by atoms with Crippen molar-refractivity contribution in [3.05, 3.63) is 24.3 Å². The van der Waals surface area contributed by atoms with Crippen LogP contribution >= 0.6 is 11.8 Å². The van der Waals surface area contributed by atoms with Gasteiger partial charge in [0, 0.05) is 10.6 Å². The normalized spacial score (nSPS) is 11.7. The number of carboxylic acids is 1. The number of aliphatic hydroxyl groups is 1. The van der Waals surface area contributed by atoms with Crippen LogP contribution < -0.4 is 10.6 Å². The van der Waals surface area contributed by atoms with Crippen LogP contribution in [0, 0.1) is 0 Å². The monoisotopic (exact) mass is 270 g/mol. The standard InChI is InChI=1S/C11H14N2O4S/c1-18-8-4-2-3-7(5-8)13-11(17)12-6-9(14)10(15)16/h2-5,9,14H,6H2,1H3,(H,15,16)(H2,12,13,17). The van der Waals surface area contributed by atoms with Crippen LogP contribution in [0.25, 0.3) is 0 Å². The minimum Gasteiger partial charge on any atom is -0.479 e. The lowest BCUT2D eigenvalue weighted by atomic mass is 10.3. The van der Waals surface area contributed by atoms with Crippen LogP contribution in [0.1, 0.15) is 0 Å². The second-order valence-electron chi connectivity index (χ2n) is 3.42. The Balaban J connectivity index is 2.46. The number of thioether (sulfide) groups is 1. The number of carbonyl (C=O) groups is 2. The van der Waals surface area contributed by atoms with E-state index in [1.165, 1.54) is 0 Å². The molecule has 6 nitrogen and oxygen atoms in total. The first kappa shape index (κ1) is 14.3. The van der Waals surface area contributed by atoms with E-state index in [0.717, 1.165) is 4.90 Å². The van der Waals surface area contributed by atoms with Gasteiger partial charge in [0.1, 0.15) is 0 Å². The van der Waals surface area contributed by atoms with E-state index in [1.54, 1.807) is 30.0 Å². The van der Waals surface area contributed by atoms with E-state index < -0.39 is 18.1 Å². The number of aliphatic carboxylic acids is 1. The highest BCUT2D eigenvalue weighted by atomic mass is 32.2. The average molecular weight is 270 g/mol. The van der Waals surface area contributed by atoms with Gasteiger partial charge in [-0.2, -0.15) is 0 Å². The molecule has 0 fully saturated rings. The van der Waals surface area contributed by atoms with Gasteiger partial charge in [0.05, 0.1) is 6.54 Å². The Morgan fingerprint density at radius 2 is 2.17 bits per heavy atom. The molecule has 7 heteroatoms. The van der Waals surface area contributed by atoms with E-state index in [-0.39, 0.29) is 6.54 Å². The van der Waals surface area contributed by atoms with Crippen LogP contribution in [0.5, 0.6) is 0 Å². The summed E-state index contributed by atoms with van der Waals surface area (Å²) < 4.78 is 0. The first-order chi connectivity index (χ1) is 8.52. The van der Waals surface area contributed by atoms with Crippen LogP contribution in [0.3, 0.4) is 0 Å². The molecule has 0 spiro atoms. The molecule has 2 amide bonds. The van der Waals surface area contributed by atoms with Crippen molar-refractivity contribution in [1.82, 2.24) is 5.32 Å². The van der Waals surface area contributed by atoms with Crippen molar-refractivity contribution in [3.8, 4) is 0 Å². The zero-order chi connectivity index (χ0) is 13.5. The quantitative estimate of drug-likeness (QED) is 0.598. The minimum atomic E-state index is -1.60. The largest absolute Gasteiger partial charge is 0.479 e. The Morgan fingerprint density at radius 1 is 1.44 bits per heavy atom. The number of rotatable bonds is 5. The summed E-state index contributed by atoms with van der Waals surface area (Å²) in [5, 5.41) is 22.2. The van der Waals surface area contributed by atoms with Gasteiger partial charge >= 0.3 is 12.0 Å². The molecule has 98 valence electrons. The number of carboxylic acid groups (broad SMARTS) is 1. The zero-order valence-electron chi connectivity index (χ0n) is 9.71. The summed E-state index contributed by atoms with van der Waals surface area (Å²) in [7, 11) is 0. The Morgan fingerprint density at radius 3 is 2.78 bits per heavy atom. The molecule has 0 aliphatic rings. The summed E-state index contributed by atoms with van der Waals surface area (Å²) in [6.07, 6.45) is 0.316. The number of hydrogen-bond donors (Lipinski definition) is 4. The summed E-state index contributed by atoms with van der Waals surface area (Å²) in [6, 6.07) is 6.65. The lowest BCUT2D eigenvalue weighted by molar-refractivity contribution is -0.146. The van der Waals surface area contributed by atoms with Crippen molar-refractivity contribution in [3.63, 3.8) is 0 Å². The predicted molar refractivity (Wildman–Crippen MR) is 68.9 cm³/mol. The lowest BCUT2D eigenvalue weighted by Gasteiger charge is -2.09. The fraction of sp³-hybridized carbons (Fsp3) is 0.273. The molecule has 0 saturated heterocycles. The van der Waals surface area contributed by atoms with Crippen molar-refractivity contribution in [2.24, 2.45) is 0 Å². The summed E-state index contributed by atoms with van der Waals surface area (Å²) in [4.78, 5) is 22.7. The number of hydrogen-bond acceptors (Lipinski definition) is 4. The molecule has 4 N–H and O–H groups in total. The van der Waals surface area contributed by atoms with Crippen LogP contribution in [0.15, 0.2) is 29.2 Å². The van der Waals surface area contributed by atoms with Gasteiger partial charge in [0.25, 0.3) is 0 Å². The number of anilines is 1. The highest BCUT2D eigenvalue weighted by Gasteiger charge is 2.13. The van der Waals surface area contributed by atoms with Crippen molar-refractivity contribution >= 4 is 29.4 Å². The highest BCUT2D eigenvalue weighted by molar-refractivity contribution is 7.98. The van der Waals surface area contributed by atoms with E-state index in [0.29, 0.717) is 5.69 Å². The average Bonchev–Trinajstić information content (AvgIpc) is 2.36. The molecule has 0 aromatic heterocycles. The van der Waals surface area contributed by atoms with Crippen LogP contribution in [0.4, 0.5) is 10.5 Å². The summed E-state index contributed by atoms with van der Waals surface area (Å²) >= 11 is 1.54. The van der Waals surface area contributed by atoms with Crippen LogP contribution in [0.2, 0.25) is 0 Å². The summed E-state index contributed by atoms with van der Waals surface area (Å²) in [5.74, 6) is -1.38. The van der Waals surface area contributed by atoms with Gasteiger partial charge in [-0.05, 0) is 24.5 Å². The fourth-order valence-electron chi connectivity index (χ4n) is 1.15. The first-order valence-corrected chi connectivity index (χ1v) is 6.35. The predicted octanol–water partition coefficient (Wildman–Crippen LogP) is 0.976. The van der Waals surface area contributed by atoms with Crippen molar-refractivity contribution in [1.29, 1.82) is 0 Å². The van der Waals surface area contributed by atoms with E-state index in [9.17, 15) is 9.59 Å². The molecule has 0 bridgehead atoms. The number of amides is 2. The zero-order valence-corrected chi connectivity index (χ0v) is 10.5. The third-order valence-electron chi connectivity index (χ3n) is 2.07. The molecule has 1 unspecified atom stereocenters. The number of nitrogens with one attached hydrogen (secondary N) is 2.